The second-order valence-electron chi connectivity index (χ2n) is 4.23. The molecule has 0 saturated carbocycles. The number of thiophene rings is 1. The van der Waals surface area contributed by atoms with Gasteiger partial charge in [0.25, 0.3) is 0 Å². The van der Waals surface area contributed by atoms with Crippen LogP contribution in [-0.2, 0) is 11.3 Å². The van der Waals surface area contributed by atoms with E-state index < -0.39 is 5.97 Å². The number of ether oxygens (including phenoxy) is 1. The van der Waals surface area contributed by atoms with Gasteiger partial charge in [0, 0.05) is 17.9 Å². The summed E-state index contributed by atoms with van der Waals surface area (Å²) in [5.74, 6) is -0.417. The molecule has 0 spiro atoms. The highest BCUT2D eigenvalue weighted by Gasteiger charge is 2.13. The third-order valence-corrected chi connectivity index (χ3v) is 3.60. The number of nitrogens with two attached hydrogens (primary N) is 1. The van der Waals surface area contributed by atoms with Crippen LogP contribution in [0.5, 0.6) is 0 Å². The fraction of sp³-hybridized carbons (Fsp3) is 0.214. The van der Waals surface area contributed by atoms with Gasteiger partial charge in [0.2, 0.25) is 0 Å². The summed E-state index contributed by atoms with van der Waals surface area (Å²) in [6.07, 6.45) is 0. The van der Waals surface area contributed by atoms with Crippen molar-refractivity contribution in [1.29, 1.82) is 0 Å². The minimum absolute atomic E-state index is 0.398. The lowest BCUT2D eigenvalue weighted by molar-refractivity contribution is 0.0602. The number of methoxy groups -OCH3 is 1. The van der Waals surface area contributed by atoms with E-state index in [2.05, 4.69) is 16.8 Å². The highest BCUT2D eigenvalue weighted by Crippen LogP contribution is 2.24. The zero-order valence-corrected chi connectivity index (χ0v) is 11.7. The van der Waals surface area contributed by atoms with Gasteiger partial charge in [0.1, 0.15) is 0 Å². The Bertz CT molecular complexity index is 579. The van der Waals surface area contributed by atoms with Crippen molar-refractivity contribution >= 4 is 28.7 Å². The first kappa shape index (κ1) is 13.4. The van der Waals surface area contributed by atoms with Crippen molar-refractivity contribution in [2.45, 2.75) is 13.5 Å². The first-order chi connectivity index (χ1) is 9.11. The molecule has 0 fully saturated rings. The average Bonchev–Trinajstić information content (AvgIpc) is 2.92. The fourth-order valence-electron chi connectivity index (χ4n) is 1.78. The largest absolute Gasteiger partial charge is 0.465 e. The number of benzene rings is 1. The molecule has 0 atom stereocenters. The van der Waals surface area contributed by atoms with E-state index in [4.69, 9.17) is 10.5 Å². The molecule has 1 aromatic carbocycles. The molecular formula is C14H16N2O2S. The number of hydrogen-bond acceptors (Lipinski definition) is 5. The molecule has 0 aliphatic carbocycles. The van der Waals surface area contributed by atoms with E-state index in [1.807, 2.05) is 18.4 Å². The van der Waals surface area contributed by atoms with E-state index >= 15 is 0 Å². The summed E-state index contributed by atoms with van der Waals surface area (Å²) in [5.41, 5.74) is 9.68. The Morgan fingerprint density at radius 1 is 1.47 bits per heavy atom. The summed E-state index contributed by atoms with van der Waals surface area (Å²) >= 11 is 1.66. The summed E-state index contributed by atoms with van der Waals surface area (Å²) in [4.78, 5) is 11.6. The molecule has 2 aromatic rings. The number of aryl methyl sites for hydroxylation is 1. The van der Waals surface area contributed by atoms with Gasteiger partial charge < -0.3 is 15.8 Å². The first-order valence-electron chi connectivity index (χ1n) is 5.85. The minimum Gasteiger partial charge on any atom is -0.465 e. The predicted molar refractivity (Wildman–Crippen MR) is 78.6 cm³/mol. The lowest BCUT2D eigenvalue weighted by Gasteiger charge is -2.12. The van der Waals surface area contributed by atoms with E-state index in [0.717, 1.165) is 11.3 Å². The smallest absolute Gasteiger partial charge is 0.340 e. The van der Waals surface area contributed by atoms with Crippen LogP contribution in [0.15, 0.2) is 29.0 Å². The topological polar surface area (TPSA) is 64.3 Å². The lowest BCUT2D eigenvalue weighted by Crippen LogP contribution is -2.09. The van der Waals surface area contributed by atoms with E-state index in [0.29, 0.717) is 17.8 Å². The highest BCUT2D eigenvalue weighted by molar-refractivity contribution is 7.07. The predicted octanol–water partition coefficient (Wildman–Crippen LogP) is 3.04. The SMILES string of the molecule is COC(=O)c1cc(NCc2ccsc2)cc(C)c1N. The van der Waals surface area contributed by atoms with Crippen LogP contribution in [0.4, 0.5) is 11.4 Å². The van der Waals surface area contributed by atoms with Crippen molar-refractivity contribution in [3.8, 4) is 0 Å². The van der Waals surface area contributed by atoms with Crippen LogP contribution in [0, 0.1) is 6.92 Å². The molecule has 100 valence electrons. The second kappa shape index (κ2) is 5.75. The van der Waals surface area contributed by atoms with Crippen molar-refractivity contribution in [1.82, 2.24) is 0 Å². The van der Waals surface area contributed by atoms with E-state index in [9.17, 15) is 4.79 Å². The molecule has 0 aliphatic rings. The van der Waals surface area contributed by atoms with E-state index in [1.165, 1.54) is 12.7 Å². The van der Waals surface area contributed by atoms with Crippen LogP contribution in [0.2, 0.25) is 0 Å². The zero-order chi connectivity index (χ0) is 13.8. The van der Waals surface area contributed by atoms with Crippen LogP contribution in [0.1, 0.15) is 21.5 Å². The third-order valence-electron chi connectivity index (χ3n) is 2.87. The lowest BCUT2D eigenvalue weighted by atomic mass is 10.1. The number of esters is 1. The molecular weight excluding hydrogens is 260 g/mol. The molecule has 0 radical (unpaired) electrons. The van der Waals surface area contributed by atoms with Crippen LogP contribution in [0.25, 0.3) is 0 Å². The van der Waals surface area contributed by atoms with Gasteiger partial charge in [-0.3, -0.25) is 0 Å². The molecule has 1 heterocycles. The maximum atomic E-state index is 11.6. The van der Waals surface area contributed by atoms with Gasteiger partial charge in [0.15, 0.2) is 0 Å². The van der Waals surface area contributed by atoms with Crippen LogP contribution >= 0.6 is 11.3 Å². The highest BCUT2D eigenvalue weighted by atomic mass is 32.1. The molecule has 0 bridgehead atoms. The molecule has 0 saturated heterocycles. The Balaban J connectivity index is 2.21. The van der Waals surface area contributed by atoms with Crippen LogP contribution in [-0.4, -0.2) is 13.1 Å². The van der Waals surface area contributed by atoms with E-state index in [1.54, 1.807) is 17.4 Å². The Hall–Kier alpha value is -2.01. The van der Waals surface area contributed by atoms with Gasteiger partial charge in [-0.2, -0.15) is 11.3 Å². The van der Waals surface area contributed by atoms with Crippen molar-refractivity contribution in [2.24, 2.45) is 0 Å². The summed E-state index contributed by atoms with van der Waals surface area (Å²) in [6, 6.07) is 5.71. The second-order valence-corrected chi connectivity index (χ2v) is 5.01. The van der Waals surface area contributed by atoms with Gasteiger partial charge in [0.05, 0.1) is 12.7 Å². The normalized spacial score (nSPS) is 10.2. The average molecular weight is 276 g/mol. The van der Waals surface area contributed by atoms with Gasteiger partial charge >= 0.3 is 5.97 Å². The van der Waals surface area contributed by atoms with Gasteiger partial charge in [-0.15, -0.1) is 0 Å². The Kier molecular flexibility index (Phi) is 4.06. The number of rotatable bonds is 4. The summed E-state index contributed by atoms with van der Waals surface area (Å²) in [5, 5.41) is 7.39. The van der Waals surface area contributed by atoms with Crippen molar-refractivity contribution in [3.63, 3.8) is 0 Å². The van der Waals surface area contributed by atoms with E-state index in [-0.39, 0.29) is 0 Å². The molecule has 4 nitrogen and oxygen atoms in total. The van der Waals surface area contributed by atoms with Crippen molar-refractivity contribution < 1.29 is 9.53 Å². The number of nitrogen functional groups attached to an aromatic ring is 1. The molecule has 3 N–H and O–H groups in total. The number of anilines is 2. The van der Waals surface area contributed by atoms with Crippen LogP contribution < -0.4 is 11.1 Å². The van der Waals surface area contributed by atoms with Crippen LogP contribution in [0.3, 0.4) is 0 Å². The summed E-state index contributed by atoms with van der Waals surface area (Å²) in [7, 11) is 1.35. The summed E-state index contributed by atoms with van der Waals surface area (Å²) in [6.45, 7) is 2.59. The number of hydrogen-bond donors (Lipinski definition) is 2. The first-order valence-corrected chi connectivity index (χ1v) is 6.79. The van der Waals surface area contributed by atoms with Crippen molar-refractivity contribution in [2.75, 3.05) is 18.2 Å². The monoisotopic (exact) mass is 276 g/mol. The molecule has 0 aliphatic heterocycles. The standard InChI is InChI=1S/C14H16N2O2S/c1-9-5-11(16-7-10-3-4-19-8-10)6-12(13(9)15)14(17)18-2/h3-6,8,16H,7,15H2,1-2H3. The maximum Gasteiger partial charge on any atom is 0.340 e. The summed E-state index contributed by atoms with van der Waals surface area (Å²) < 4.78 is 4.73. The Labute approximate surface area is 116 Å². The Morgan fingerprint density at radius 3 is 2.89 bits per heavy atom. The van der Waals surface area contributed by atoms with Gasteiger partial charge in [-0.1, -0.05) is 0 Å². The molecule has 19 heavy (non-hydrogen) atoms. The Morgan fingerprint density at radius 2 is 2.26 bits per heavy atom. The number of carbonyl (C=O) groups excluding carboxylic acids is 1. The van der Waals surface area contributed by atoms with Crippen molar-refractivity contribution in [3.05, 3.63) is 45.6 Å². The number of carbonyl (C=O) groups is 1. The molecule has 1 aromatic heterocycles. The maximum absolute atomic E-state index is 11.6. The number of nitrogens with one attached hydrogen (secondary N) is 1. The quantitative estimate of drug-likeness (QED) is 0.665. The van der Waals surface area contributed by atoms with Gasteiger partial charge in [-0.05, 0) is 47.0 Å². The zero-order valence-electron chi connectivity index (χ0n) is 10.9. The third kappa shape index (κ3) is 3.06. The molecule has 0 unspecified atom stereocenters. The fourth-order valence-corrected chi connectivity index (χ4v) is 2.45. The minimum atomic E-state index is -0.417. The molecule has 2 rings (SSSR count). The van der Waals surface area contributed by atoms with Gasteiger partial charge in [-0.25, -0.2) is 4.79 Å². The molecule has 5 heteroatoms. The molecule has 0 amide bonds.